The van der Waals surface area contributed by atoms with E-state index < -0.39 is 12.1 Å². The van der Waals surface area contributed by atoms with Crippen LogP contribution >= 0.6 is 11.8 Å². The Balaban J connectivity index is 1.19. The summed E-state index contributed by atoms with van der Waals surface area (Å²) in [5.41, 5.74) is 2.32. The van der Waals surface area contributed by atoms with Gasteiger partial charge in [0.15, 0.2) is 0 Å². The number of para-hydroxylation sites is 1. The Morgan fingerprint density at radius 3 is 2.71 bits per heavy atom. The molecule has 6 rings (SSSR count). The molecule has 0 saturated carbocycles. The van der Waals surface area contributed by atoms with Gasteiger partial charge in [0.1, 0.15) is 11.5 Å². The zero-order valence-corrected chi connectivity index (χ0v) is 24.4. The first kappa shape index (κ1) is 28.5. The minimum Gasteiger partial charge on any atom is -0.457 e. The summed E-state index contributed by atoms with van der Waals surface area (Å²) in [7, 11) is 1.53. The molecule has 42 heavy (non-hydrogen) atoms. The maximum absolute atomic E-state index is 13.6. The average Bonchev–Trinajstić information content (AvgIpc) is 3.54. The van der Waals surface area contributed by atoms with E-state index in [4.69, 9.17) is 9.47 Å². The van der Waals surface area contributed by atoms with Gasteiger partial charge in [-0.2, -0.15) is 0 Å². The number of aryl methyl sites for hydroxylation is 1. The highest BCUT2D eigenvalue weighted by Gasteiger charge is 2.52. The van der Waals surface area contributed by atoms with Crippen LogP contribution in [0.2, 0.25) is 0 Å². The molecule has 4 aliphatic rings. The Kier molecular flexibility index (Phi) is 8.13. The first-order chi connectivity index (χ1) is 20.3. The van der Waals surface area contributed by atoms with Gasteiger partial charge >= 0.3 is 6.03 Å². The molecule has 222 valence electrons. The Hall–Kier alpha value is -3.58. The minimum absolute atomic E-state index is 0.0794. The van der Waals surface area contributed by atoms with Gasteiger partial charge in [0.25, 0.3) is 5.91 Å². The van der Waals surface area contributed by atoms with Gasteiger partial charge in [0.05, 0.1) is 41.5 Å². The zero-order valence-electron chi connectivity index (χ0n) is 23.5. The first-order valence-corrected chi connectivity index (χ1v) is 15.1. The molecular formula is C30H35N5O6S. The number of aliphatic hydroxyl groups excluding tert-OH is 1. The number of carbonyl (C=O) groups is 3. The molecule has 0 bridgehead atoms. The number of urea groups is 1. The van der Waals surface area contributed by atoms with Crippen LogP contribution in [0, 0.1) is 12.8 Å². The molecule has 5 atom stereocenters. The van der Waals surface area contributed by atoms with Crippen molar-refractivity contribution in [2.24, 2.45) is 5.92 Å². The van der Waals surface area contributed by atoms with Crippen LogP contribution in [0.3, 0.4) is 0 Å². The number of rotatable bonds is 8. The summed E-state index contributed by atoms with van der Waals surface area (Å²) in [4.78, 5) is 43.3. The standard InChI is InChI=1S/C30H35N5O6S/c1-17-14-19(41-18-6-4-3-5-7-18)8-9-21(17)35-22-10-12-31-29-25(22)26(33-30(35)39)27(42-29)28(38)32-20-15-34(16-23(20)36)24(37)11-13-40-2/h3-9,14,20,22-23,25,29,31,36H,10-13,15-16H2,1-2H3,(H,32,38)(H,33,39)/t20-,22?,23-,25?,29?/m0/s1. The third-order valence-electron chi connectivity index (χ3n) is 8.23. The van der Waals surface area contributed by atoms with Crippen LogP contribution in [0.5, 0.6) is 11.5 Å². The molecule has 0 spiro atoms. The van der Waals surface area contributed by atoms with Crippen LogP contribution < -0.4 is 25.6 Å². The molecular weight excluding hydrogens is 558 g/mol. The molecule has 4 heterocycles. The summed E-state index contributed by atoms with van der Waals surface area (Å²) in [6, 6.07) is 14.2. The molecule has 3 fully saturated rings. The Morgan fingerprint density at radius 2 is 1.95 bits per heavy atom. The molecule has 0 aromatic heterocycles. The van der Waals surface area contributed by atoms with Gasteiger partial charge in [-0.25, -0.2) is 4.79 Å². The van der Waals surface area contributed by atoms with Crippen LogP contribution in [-0.2, 0) is 14.3 Å². The molecule has 12 heteroatoms. The van der Waals surface area contributed by atoms with Crippen molar-refractivity contribution in [1.82, 2.24) is 20.9 Å². The number of ether oxygens (including phenoxy) is 2. The smallest absolute Gasteiger partial charge is 0.326 e. The van der Waals surface area contributed by atoms with Crippen molar-refractivity contribution in [3.63, 3.8) is 0 Å². The highest BCUT2D eigenvalue weighted by molar-refractivity contribution is 8.04. The van der Waals surface area contributed by atoms with Gasteiger partial charge in [0.2, 0.25) is 5.91 Å². The maximum Gasteiger partial charge on any atom is 0.326 e. The van der Waals surface area contributed by atoms with E-state index in [1.165, 1.54) is 18.9 Å². The van der Waals surface area contributed by atoms with E-state index >= 15 is 0 Å². The third-order valence-corrected chi connectivity index (χ3v) is 9.59. The van der Waals surface area contributed by atoms with E-state index in [9.17, 15) is 19.5 Å². The van der Waals surface area contributed by atoms with Crippen molar-refractivity contribution >= 4 is 35.3 Å². The number of nitrogens with one attached hydrogen (secondary N) is 3. The second-order valence-corrected chi connectivity index (χ2v) is 12.1. The number of amides is 4. The Bertz CT molecular complexity index is 1400. The van der Waals surface area contributed by atoms with Gasteiger partial charge in [-0.05, 0) is 55.8 Å². The van der Waals surface area contributed by atoms with Crippen LogP contribution in [0.25, 0.3) is 0 Å². The number of thioether (sulfide) groups is 1. The van der Waals surface area contributed by atoms with E-state index in [2.05, 4.69) is 16.0 Å². The van der Waals surface area contributed by atoms with Crippen molar-refractivity contribution in [2.45, 2.75) is 43.3 Å². The van der Waals surface area contributed by atoms with E-state index in [0.29, 0.717) is 29.5 Å². The lowest BCUT2D eigenvalue weighted by Gasteiger charge is -2.46. The molecule has 3 saturated heterocycles. The number of hydrogen-bond donors (Lipinski definition) is 4. The number of hydrogen-bond acceptors (Lipinski definition) is 8. The number of nitrogens with zero attached hydrogens (tertiary/aromatic N) is 2. The van der Waals surface area contributed by atoms with Crippen LogP contribution in [0.4, 0.5) is 10.5 Å². The van der Waals surface area contributed by atoms with Crippen molar-refractivity contribution in [1.29, 1.82) is 0 Å². The highest BCUT2D eigenvalue weighted by Crippen LogP contribution is 2.48. The second kappa shape index (κ2) is 12.0. The van der Waals surface area contributed by atoms with Gasteiger partial charge in [0, 0.05) is 37.5 Å². The quantitative estimate of drug-likeness (QED) is 0.367. The summed E-state index contributed by atoms with van der Waals surface area (Å²) >= 11 is 1.41. The molecule has 4 N–H and O–H groups in total. The molecule has 2 aromatic carbocycles. The monoisotopic (exact) mass is 593 g/mol. The van der Waals surface area contributed by atoms with Crippen molar-refractivity contribution in [2.75, 3.05) is 38.3 Å². The summed E-state index contributed by atoms with van der Waals surface area (Å²) < 4.78 is 11.0. The molecule has 0 aliphatic carbocycles. The number of β-amino-alcohol motifs (C(OH)–C–C–N with tert-alkyl or cyclic N) is 1. The van der Waals surface area contributed by atoms with Crippen LogP contribution in [-0.4, -0.2) is 84.8 Å². The second-order valence-electron chi connectivity index (χ2n) is 11.0. The summed E-state index contributed by atoms with van der Waals surface area (Å²) in [5, 5.41) is 19.9. The number of likely N-dealkylation sites (tertiary alicyclic amines) is 1. The molecule has 0 radical (unpaired) electrons. The number of methoxy groups -OCH3 is 1. The van der Waals surface area contributed by atoms with Crippen LogP contribution in [0.1, 0.15) is 18.4 Å². The number of anilines is 1. The average molecular weight is 594 g/mol. The van der Waals surface area contributed by atoms with Crippen molar-refractivity contribution in [3.05, 3.63) is 64.7 Å². The predicted molar refractivity (Wildman–Crippen MR) is 158 cm³/mol. The fraction of sp³-hybridized carbons (Fsp3) is 0.433. The highest BCUT2D eigenvalue weighted by atomic mass is 32.2. The molecule has 3 unspecified atom stereocenters. The summed E-state index contributed by atoms with van der Waals surface area (Å²) in [6.45, 7) is 3.34. The topological polar surface area (TPSA) is 132 Å². The van der Waals surface area contributed by atoms with E-state index in [0.717, 1.165) is 23.4 Å². The van der Waals surface area contributed by atoms with Gasteiger partial charge in [-0.1, -0.05) is 30.0 Å². The number of piperidine rings is 1. The van der Waals surface area contributed by atoms with Crippen molar-refractivity contribution < 1.29 is 29.0 Å². The minimum atomic E-state index is -0.876. The lowest BCUT2D eigenvalue weighted by atomic mass is 9.86. The summed E-state index contributed by atoms with van der Waals surface area (Å²) in [5.74, 6) is 0.834. The van der Waals surface area contributed by atoms with E-state index in [1.54, 1.807) is 4.90 Å². The van der Waals surface area contributed by atoms with Gasteiger partial charge in [-0.15, -0.1) is 0 Å². The van der Waals surface area contributed by atoms with Crippen molar-refractivity contribution in [3.8, 4) is 11.5 Å². The normalized spacial score (nSPS) is 26.6. The largest absolute Gasteiger partial charge is 0.457 e. The lowest BCUT2D eigenvalue weighted by Crippen LogP contribution is -2.62. The molecule has 4 amide bonds. The molecule has 2 aromatic rings. The fourth-order valence-corrected chi connectivity index (χ4v) is 7.60. The molecule has 11 nitrogen and oxygen atoms in total. The Morgan fingerprint density at radius 1 is 1.14 bits per heavy atom. The lowest BCUT2D eigenvalue weighted by molar-refractivity contribution is -0.131. The summed E-state index contributed by atoms with van der Waals surface area (Å²) in [6.07, 6.45) is 0.0737. The first-order valence-electron chi connectivity index (χ1n) is 14.2. The van der Waals surface area contributed by atoms with Crippen LogP contribution in [0.15, 0.2) is 59.1 Å². The van der Waals surface area contributed by atoms with E-state index in [-0.39, 0.29) is 54.7 Å². The van der Waals surface area contributed by atoms with Gasteiger partial charge < -0.3 is 35.4 Å². The third kappa shape index (κ3) is 5.47. The fourth-order valence-electron chi connectivity index (χ4n) is 6.20. The maximum atomic E-state index is 13.6. The number of aliphatic hydroxyl groups is 1. The number of carbonyl (C=O) groups excluding carboxylic acids is 3. The number of benzene rings is 2. The Labute approximate surface area is 248 Å². The van der Waals surface area contributed by atoms with E-state index in [1.807, 2.05) is 60.4 Å². The predicted octanol–water partition coefficient (Wildman–Crippen LogP) is 2.30. The van der Waals surface area contributed by atoms with Gasteiger partial charge in [-0.3, -0.25) is 14.5 Å². The SMILES string of the molecule is COCCC(=O)N1C[C@H](NC(=O)C2=C3NC(=O)N(c4ccc(Oc5ccccc5)cc4C)C4CCNC(S2)C34)[C@@H](O)C1. The molecule has 4 aliphatic heterocycles. The zero-order chi connectivity index (χ0) is 29.4.